The minimum absolute atomic E-state index is 1.21. The summed E-state index contributed by atoms with van der Waals surface area (Å²) in [7, 11) is 0. The van der Waals surface area contributed by atoms with E-state index in [1.165, 1.54) is 257 Å². The Morgan fingerprint density at radius 3 is 0.722 bits per heavy atom. The van der Waals surface area contributed by atoms with Gasteiger partial charge in [-0.05, 0) is 243 Å². The second-order valence-corrected chi connectivity index (χ2v) is 35.3. The molecule has 3 heteroatoms. The highest BCUT2D eigenvalue weighted by atomic mass is 15.0. The van der Waals surface area contributed by atoms with E-state index < -0.39 is 0 Å². The molecule has 0 radical (unpaired) electrons. The Kier molecular flexibility index (Phi) is 18.3. The first-order chi connectivity index (χ1) is 66.0. The van der Waals surface area contributed by atoms with Crippen LogP contribution in [0.25, 0.3) is 257 Å². The Hall–Kier alpha value is -17.5. The monoisotopic (exact) mass is 1690 g/mol. The fourth-order valence-electron chi connectivity index (χ4n) is 21.6. The predicted molar refractivity (Wildman–Crippen MR) is 570 cm³/mol. The van der Waals surface area contributed by atoms with E-state index in [0.717, 1.165) is 0 Å². The fraction of sp³-hybridized carbons (Fsp3) is 0. The zero-order valence-corrected chi connectivity index (χ0v) is 72.8. The zero-order chi connectivity index (χ0) is 87.6. The van der Waals surface area contributed by atoms with Gasteiger partial charge < -0.3 is 13.7 Å². The van der Waals surface area contributed by atoms with Gasteiger partial charge in [0, 0.05) is 48.5 Å². The first-order valence-corrected chi connectivity index (χ1v) is 46.0. The Bertz CT molecular complexity index is 9570. The molecule has 0 saturated carbocycles. The highest BCUT2D eigenvalue weighted by Crippen LogP contribution is 2.46. The first kappa shape index (κ1) is 76.7. The highest BCUT2D eigenvalue weighted by Gasteiger charge is 2.23. The Morgan fingerprint density at radius 1 is 0.0977 bits per heavy atom. The van der Waals surface area contributed by atoms with Crippen molar-refractivity contribution < 1.29 is 0 Å². The standard InChI is InChI=1S/C46H29N.2C42H27N/c1-3-13-35-33(11-1)28-42(39-17-6-5-15-37(35)39)31-23-21-30(22-24-31)32-25-26-45-43(27-32)41-19-9-10-20-44(41)47(45)46-29-34-12-2-4-14-36(34)38-16-7-8-18-40(38)46;1-3-13-33-29(10-1)12-9-18-34(33)30-22-20-28(21-23-30)31-24-25-41-39(26-31)38-17-7-8-19-40(38)43(41)42-27-32-11-2-4-14-35(32)36-15-5-6-16-37(36)42;1-2-10-31-25-32(22-21-28(31)9-1)29-17-19-30(20-18-29)33-23-24-41-39(26-33)38-15-7-8-16-40(38)43(41)42-27-34-11-3-4-12-35(34)36-13-5-6-14-37(36)42/h1-29H;2*1-27H. The van der Waals surface area contributed by atoms with Crippen LogP contribution in [-0.4, -0.2) is 13.7 Å². The molecule has 133 heavy (non-hydrogen) atoms. The summed E-state index contributed by atoms with van der Waals surface area (Å²) < 4.78 is 7.36. The van der Waals surface area contributed by atoms with Crippen molar-refractivity contribution in [2.75, 3.05) is 0 Å². The van der Waals surface area contributed by atoms with Gasteiger partial charge in [-0.2, -0.15) is 0 Å². The van der Waals surface area contributed by atoms with Gasteiger partial charge in [0.05, 0.1) is 50.2 Å². The van der Waals surface area contributed by atoms with E-state index in [-0.39, 0.29) is 0 Å². The van der Waals surface area contributed by atoms with Gasteiger partial charge in [-0.25, -0.2) is 0 Å². The zero-order valence-electron chi connectivity index (χ0n) is 72.8. The summed E-state index contributed by atoms with van der Waals surface area (Å²) in [5, 5.41) is 33.1. The van der Waals surface area contributed by atoms with Crippen LogP contribution < -0.4 is 0 Å². The number of aromatic nitrogens is 3. The van der Waals surface area contributed by atoms with E-state index >= 15 is 0 Å². The van der Waals surface area contributed by atoms with Gasteiger partial charge >= 0.3 is 0 Å². The van der Waals surface area contributed by atoms with E-state index in [2.05, 4.69) is 517 Å². The SMILES string of the molecule is c1ccc2c(-c3ccc(-c4ccc5c(c4)c4ccccc4n5-c4cc5ccccc5c5ccccc45)cc3)cccc2c1.c1ccc2c(c1)cc(-c1ccc(-c3ccc4c(c3)c3ccccc3n4-c3cc4ccccc4c4ccccc34)cc1)c1ccccc12.c1ccc2cc(-c3ccc(-c4ccc5c(c4)c4ccccc4n5-c4cc5ccccc5c5ccccc45)cc3)ccc2c1. The summed E-state index contributed by atoms with van der Waals surface area (Å²) in [6.45, 7) is 0. The highest BCUT2D eigenvalue weighted by molar-refractivity contribution is 6.21. The molecule has 618 valence electrons. The molecule has 0 bridgehead atoms. The largest absolute Gasteiger partial charge is 0.309 e. The van der Waals surface area contributed by atoms with Crippen molar-refractivity contribution in [3.8, 4) is 83.8 Å². The lowest BCUT2D eigenvalue weighted by Gasteiger charge is -2.14. The number of benzene rings is 25. The number of nitrogens with zero attached hydrogens (tertiary/aromatic N) is 3. The lowest BCUT2D eigenvalue weighted by atomic mass is 9.92. The number of rotatable bonds is 9. The molecule has 0 N–H and O–H groups in total. The second kappa shape index (κ2) is 31.8. The molecule has 28 aromatic rings. The van der Waals surface area contributed by atoms with Crippen molar-refractivity contribution in [1.82, 2.24) is 13.7 Å². The van der Waals surface area contributed by atoms with Crippen LogP contribution >= 0.6 is 0 Å². The third kappa shape index (κ3) is 13.0. The molecule has 0 atom stereocenters. The second-order valence-electron chi connectivity index (χ2n) is 35.3. The van der Waals surface area contributed by atoms with Crippen LogP contribution in [-0.2, 0) is 0 Å². The molecule has 0 aliphatic heterocycles. The van der Waals surface area contributed by atoms with Crippen molar-refractivity contribution in [3.05, 3.63) is 504 Å². The van der Waals surface area contributed by atoms with Crippen molar-refractivity contribution in [1.29, 1.82) is 0 Å². The van der Waals surface area contributed by atoms with Gasteiger partial charge in [-0.3, -0.25) is 0 Å². The predicted octanol–water partition coefficient (Wildman–Crippen LogP) is 35.9. The van der Waals surface area contributed by atoms with E-state index in [4.69, 9.17) is 0 Å². The summed E-state index contributed by atoms with van der Waals surface area (Å²) in [4.78, 5) is 0. The van der Waals surface area contributed by atoms with Gasteiger partial charge in [0.1, 0.15) is 0 Å². The molecule has 0 fully saturated rings. The minimum Gasteiger partial charge on any atom is -0.309 e. The molecule has 0 spiro atoms. The average molecular weight is 1690 g/mol. The van der Waals surface area contributed by atoms with Crippen LogP contribution in [0.15, 0.2) is 504 Å². The summed E-state index contributed by atoms with van der Waals surface area (Å²) in [6.07, 6.45) is 0. The molecule has 28 rings (SSSR count). The number of para-hydroxylation sites is 3. The molecule has 3 aromatic heterocycles. The van der Waals surface area contributed by atoms with Crippen molar-refractivity contribution in [2.45, 2.75) is 0 Å². The number of hydrogen-bond acceptors (Lipinski definition) is 0. The van der Waals surface area contributed by atoms with Crippen LogP contribution in [0.5, 0.6) is 0 Å². The summed E-state index contributed by atoms with van der Waals surface area (Å²) in [6, 6.07) is 184. The smallest absolute Gasteiger partial charge is 0.0546 e. The van der Waals surface area contributed by atoms with Gasteiger partial charge in [0.2, 0.25) is 0 Å². The topological polar surface area (TPSA) is 14.8 Å². The number of hydrogen-bond donors (Lipinski definition) is 0. The molecule has 0 amide bonds. The minimum atomic E-state index is 1.21. The van der Waals surface area contributed by atoms with E-state index in [1.807, 2.05) is 0 Å². The van der Waals surface area contributed by atoms with Gasteiger partial charge in [-0.15, -0.1) is 0 Å². The average Bonchev–Trinajstić information content (AvgIpc) is 1.60. The van der Waals surface area contributed by atoms with Crippen LogP contribution in [0.3, 0.4) is 0 Å². The van der Waals surface area contributed by atoms with Crippen LogP contribution in [0.1, 0.15) is 0 Å². The molecule has 0 saturated heterocycles. The maximum atomic E-state index is 2.46. The normalized spacial score (nSPS) is 11.8. The number of fused-ring (bicyclic) bond motifs is 23. The molecular weight excluding hydrogens is 1600 g/mol. The van der Waals surface area contributed by atoms with Gasteiger partial charge in [-0.1, -0.05) is 419 Å². The molecule has 3 nitrogen and oxygen atoms in total. The first-order valence-electron chi connectivity index (χ1n) is 46.0. The summed E-state index contributed by atoms with van der Waals surface area (Å²) in [5.41, 5.74) is 25.8. The lowest BCUT2D eigenvalue weighted by molar-refractivity contribution is 1.20. The molecule has 0 unspecified atom stereocenters. The van der Waals surface area contributed by atoms with Gasteiger partial charge in [0.15, 0.2) is 0 Å². The maximum Gasteiger partial charge on any atom is 0.0546 e. The van der Waals surface area contributed by atoms with Crippen molar-refractivity contribution >= 4 is 173 Å². The summed E-state index contributed by atoms with van der Waals surface area (Å²) in [5.74, 6) is 0. The Labute approximate surface area is 768 Å². The third-order valence-corrected chi connectivity index (χ3v) is 27.9. The van der Waals surface area contributed by atoms with Crippen LogP contribution in [0.2, 0.25) is 0 Å². The summed E-state index contributed by atoms with van der Waals surface area (Å²) >= 11 is 0. The van der Waals surface area contributed by atoms with Crippen molar-refractivity contribution in [2.24, 2.45) is 0 Å². The van der Waals surface area contributed by atoms with Gasteiger partial charge in [0.25, 0.3) is 0 Å². The van der Waals surface area contributed by atoms with E-state index in [1.54, 1.807) is 0 Å². The van der Waals surface area contributed by atoms with Crippen LogP contribution in [0.4, 0.5) is 0 Å². The quantitative estimate of drug-likeness (QED) is 0.128. The third-order valence-electron chi connectivity index (χ3n) is 27.9. The molecule has 3 heterocycles. The fourth-order valence-corrected chi connectivity index (χ4v) is 21.6. The van der Waals surface area contributed by atoms with E-state index in [0.29, 0.717) is 0 Å². The lowest BCUT2D eigenvalue weighted by Crippen LogP contribution is -1.96. The molecular formula is C130H83N3. The Morgan fingerprint density at radius 2 is 0.338 bits per heavy atom. The molecule has 0 aliphatic rings. The maximum absolute atomic E-state index is 2.46. The molecule has 0 aliphatic carbocycles. The van der Waals surface area contributed by atoms with Crippen molar-refractivity contribution in [3.63, 3.8) is 0 Å². The molecule has 25 aromatic carbocycles. The van der Waals surface area contributed by atoms with E-state index in [9.17, 15) is 0 Å². The Balaban J connectivity index is 0.000000104. The van der Waals surface area contributed by atoms with Crippen LogP contribution in [0, 0.1) is 0 Å².